The second kappa shape index (κ2) is 10.2. The summed E-state index contributed by atoms with van der Waals surface area (Å²) < 4.78 is 3.35. The van der Waals surface area contributed by atoms with Gasteiger partial charge in [0.25, 0.3) is 0 Å². The fraction of sp³-hybridized carbons (Fsp3) is 0.0244. The van der Waals surface area contributed by atoms with Gasteiger partial charge in [-0.2, -0.15) is 0 Å². The highest BCUT2D eigenvalue weighted by molar-refractivity contribution is 14.1. The molecule has 2 aromatic heterocycles. The van der Waals surface area contributed by atoms with Gasteiger partial charge in [-0.15, -0.1) is 10.2 Å². The predicted molar refractivity (Wildman–Crippen MR) is 191 cm³/mol. The highest BCUT2D eigenvalue weighted by Crippen LogP contribution is 2.56. The molecule has 0 bridgehead atoms. The zero-order valence-corrected chi connectivity index (χ0v) is 26.4. The summed E-state index contributed by atoms with van der Waals surface area (Å²) in [5, 5.41) is 11.6. The number of hydrogen-bond acceptors (Lipinski definition) is 2. The molecule has 0 saturated heterocycles. The Labute approximate surface area is 275 Å². The molecule has 3 nitrogen and oxygen atoms in total. The van der Waals surface area contributed by atoms with Gasteiger partial charge in [-0.25, -0.2) is 0 Å². The van der Waals surface area contributed by atoms with Crippen molar-refractivity contribution in [2.24, 2.45) is 0 Å². The van der Waals surface area contributed by atoms with E-state index < -0.39 is 5.41 Å². The van der Waals surface area contributed by atoms with Gasteiger partial charge in [0.1, 0.15) is 0 Å². The molecule has 0 amide bonds. The summed E-state index contributed by atoms with van der Waals surface area (Å²) in [7, 11) is 0. The molecule has 0 spiro atoms. The molecule has 2 heterocycles. The molecule has 212 valence electrons. The average Bonchev–Trinajstić information content (AvgIpc) is 3.67. The first kappa shape index (κ1) is 26.3. The molecule has 45 heavy (non-hydrogen) atoms. The topological polar surface area (TPSA) is 30.2 Å². The minimum absolute atomic E-state index is 0.451. The number of benzene rings is 6. The van der Waals surface area contributed by atoms with Crippen molar-refractivity contribution in [2.45, 2.75) is 5.41 Å². The third-order valence-electron chi connectivity index (χ3n) is 9.28. The van der Waals surface area contributed by atoms with E-state index in [2.05, 4.69) is 195 Å². The van der Waals surface area contributed by atoms with E-state index in [0.717, 1.165) is 38.9 Å². The number of nitrogens with zero attached hydrogens (tertiary/aromatic N) is 3. The van der Waals surface area contributed by atoms with E-state index >= 15 is 0 Å². The van der Waals surface area contributed by atoms with Crippen LogP contribution in [0.15, 0.2) is 158 Å². The third-order valence-corrected chi connectivity index (χ3v) is 10.0. The normalized spacial score (nSPS) is 13.2. The first-order chi connectivity index (χ1) is 22.2. The van der Waals surface area contributed by atoms with Crippen molar-refractivity contribution >= 4 is 39.0 Å². The lowest BCUT2D eigenvalue weighted by Gasteiger charge is -2.34. The highest BCUT2D eigenvalue weighted by atomic mass is 127. The molecule has 0 radical (unpaired) electrons. The fourth-order valence-electron chi connectivity index (χ4n) is 7.35. The first-order valence-corrected chi connectivity index (χ1v) is 16.2. The summed E-state index contributed by atoms with van der Waals surface area (Å²) in [5.74, 6) is 0.838. The largest absolute Gasteiger partial charge is 0.281 e. The van der Waals surface area contributed by atoms with Crippen molar-refractivity contribution in [3.63, 3.8) is 0 Å². The fourth-order valence-corrected chi connectivity index (χ4v) is 7.71. The Kier molecular flexibility index (Phi) is 6.00. The molecule has 0 atom stereocenters. The number of hydrogen-bond donors (Lipinski definition) is 0. The molecule has 4 heteroatoms. The minimum Gasteiger partial charge on any atom is -0.281 e. The Hall–Kier alpha value is -5.07. The lowest BCUT2D eigenvalue weighted by Crippen LogP contribution is -2.28. The van der Waals surface area contributed by atoms with Crippen molar-refractivity contribution in [2.75, 3.05) is 0 Å². The van der Waals surface area contributed by atoms with Crippen LogP contribution in [-0.4, -0.2) is 14.6 Å². The van der Waals surface area contributed by atoms with E-state index in [4.69, 9.17) is 0 Å². The van der Waals surface area contributed by atoms with Crippen LogP contribution in [0.5, 0.6) is 0 Å². The van der Waals surface area contributed by atoms with Gasteiger partial charge < -0.3 is 0 Å². The van der Waals surface area contributed by atoms with Gasteiger partial charge in [-0.05, 0) is 85.1 Å². The van der Waals surface area contributed by atoms with Gasteiger partial charge in [0.05, 0.1) is 5.41 Å². The monoisotopic (exact) mass is 687 g/mol. The number of halogens is 1. The Balaban J connectivity index is 1.35. The molecule has 0 aliphatic heterocycles. The van der Waals surface area contributed by atoms with Crippen molar-refractivity contribution < 1.29 is 0 Å². The summed E-state index contributed by atoms with van der Waals surface area (Å²) in [6.07, 6.45) is 2.22. The number of pyridine rings is 1. The maximum absolute atomic E-state index is 4.68. The maximum atomic E-state index is 4.68. The van der Waals surface area contributed by atoms with Gasteiger partial charge in [-0.3, -0.25) is 4.40 Å². The number of aromatic nitrogens is 3. The second-order valence-corrected chi connectivity index (χ2v) is 12.8. The molecular weight excluding hydrogens is 661 g/mol. The number of fused-ring (bicyclic) bond motifs is 6. The predicted octanol–water partition coefficient (Wildman–Crippen LogP) is 10.2. The standard InChI is InChI=1S/C41H26IN3/c42-31-22-19-27(20-23-31)39-43-44-40-35-17-8-7-15-32(35)36(26-45(39)40)28-21-24-34-33-16-9-10-18-37(33)41(38(34)25-28,29-11-3-1-4-12-29)30-13-5-2-6-14-30/h1-26H. The summed E-state index contributed by atoms with van der Waals surface area (Å²) in [6.45, 7) is 0. The molecule has 0 saturated carbocycles. The summed E-state index contributed by atoms with van der Waals surface area (Å²) in [6, 6.07) is 54.9. The molecular formula is C41H26IN3. The van der Waals surface area contributed by atoms with Crippen LogP contribution in [0.4, 0.5) is 0 Å². The average molecular weight is 688 g/mol. The van der Waals surface area contributed by atoms with E-state index in [0.29, 0.717) is 0 Å². The van der Waals surface area contributed by atoms with Crippen molar-refractivity contribution in [1.29, 1.82) is 0 Å². The van der Waals surface area contributed by atoms with Crippen LogP contribution in [0.3, 0.4) is 0 Å². The van der Waals surface area contributed by atoms with Crippen LogP contribution in [0.25, 0.3) is 50.1 Å². The molecule has 0 N–H and O–H groups in total. The van der Waals surface area contributed by atoms with Crippen molar-refractivity contribution in [3.05, 3.63) is 184 Å². The van der Waals surface area contributed by atoms with Crippen LogP contribution < -0.4 is 0 Å². The van der Waals surface area contributed by atoms with Crippen molar-refractivity contribution in [1.82, 2.24) is 14.6 Å². The van der Waals surface area contributed by atoms with Gasteiger partial charge >= 0.3 is 0 Å². The van der Waals surface area contributed by atoms with Gasteiger partial charge in [0, 0.05) is 26.3 Å². The van der Waals surface area contributed by atoms with Crippen LogP contribution in [0, 0.1) is 3.57 Å². The zero-order valence-electron chi connectivity index (χ0n) is 24.2. The molecule has 0 unspecified atom stereocenters. The summed E-state index contributed by atoms with van der Waals surface area (Å²) >= 11 is 2.34. The lowest BCUT2D eigenvalue weighted by molar-refractivity contribution is 0.769. The van der Waals surface area contributed by atoms with E-state index in [1.165, 1.54) is 37.0 Å². The van der Waals surface area contributed by atoms with E-state index in [9.17, 15) is 0 Å². The molecule has 9 rings (SSSR count). The van der Waals surface area contributed by atoms with Crippen molar-refractivity contribution in [3.8, 4) is 33.6 Å². The lowest BCUT2D eigenvalue weighted by atomic mass is 9.67. The molecule has 8 aromatic rings. The highest BCUT2D eigenvalue weighted by Gasteiger charge is 2.46. The SMILES string of the molecule is Ic1ccc(-c2nnc3c4ccccc4c(-c4ccc5c(c4)C(c4ccccc4)(c4ccccc4)c4ccccc4-5)cn23)cc1. The van der Waals surface area contributed by atoms with Gasteiger partial charge in [0.2, 0.25) is 0 Å². The maximum Gasteiger partial charge on any atom is 0.169 e. The van der Waals surface area contributed by atoms with Crippen LogP contribution >= 0.6 is 22.6 Å². The Morgan fingerprint density at radius 2 is 1.09 bits per heavy atom. The zero-order chi connectivity index (χ0) is 30.0. The van der Waals surface area contributed by atoms with Gasteiger partial charge in [0.15, 0.2) is 11.5 Å². The number of rotatable bonds is 4. The molecule has 0 fully saturated rings. The molecule has 6 aromatic carbocycles. The smallest absolute Gasteiger partial charge is 0.169 e. The molecule has 1 aliphatic carbocycles. The minimum atomic E-state index is -0.451. The Morgan fingerprint density at radius 3 is 1.82 bits per heavy atom. The quantitative estimate of drug-likeness (QED) is 0.173. The summed E-state index contributed by atoms with van der Waals surface area (Å²) in [4.78, 5) is 0. The van der Waals surface area contributed by atoms with Crippen LogP contribution in [0.2, 0.25) is 0 Å². The van der Waals surface area contributed by atoms with Crippen LogP contribution in [-0.2, 0) is 5.41 Å². The van der Waals surface area contributed by atoms with Gasteiger partial charge in [-0.1, -0.05) is 133 Å². The van der Waals surface area contributed by atoms with E-state index in [1.807, 2.05) is 0 Å². The van der Waals surface area contributed by atoms with Crippen LogP contribution in [0.1, 0.15) is 22.3 Å². The third kappa shape index (κ3) is 3.88. The van der Waals surface area contributed by atoms with E-state index in [1.54, 1.807) is 0 Å². The summed E-state index contributed by atoms with van der Waals surface area (Å²) in [5.41, 5.74) is 11.5. The van der Waals surface area contributed by atoms with E-state index in [-0.39, 0.29) is 0 Å². The molecule has 1 aliphatic rings. The Bertz CT molecular complexity index is 2340. The second-order valence-electron chi connectivity index (χ2n) is 11.6. The first-order valence-electron chi connectivity index (χ1n) is 15.1. The Morgan fingerprint density at radius 1 is 0.489 bits per heavy atom.